The average molecular weight is 337 g/mol. The first-order valence-electron chi connectivity index (χ1n) is 7.41. The molecule has 0 radical (unpaired) electrons. The minimum atomic E-state index is 0.113. The van der Waals surface area contributed by atoms with Crippen molar-refractivity contribution in [2.75, 3.05) is 14.2 Å². The highest BCUT2D eigenvalue weighted by Crippen LogP contribution is 2.28. The number of aromatic nitrogens is 2. The lowest BCUT2D eigenvalue weighted by atomic mass is 10.2. The van der Waals surface area contributed by atoms with Crippen molar-refractivity contribution in [3.8, 4) is 34.8 Å². The second kappa shape index (κ2) is 7.36. The summed E-state index contributed by atoms with van der Waals surface area (Å²) in [6, 6.07) is 14.3. The van der Waals surface area contributed by atoms with Gasteiger partial charge in [0.1, 0.15) is 5.75 Å². The molecule has 0 unspecified atom stereocenters. The van der Waals surface area contributed by atoms with E-state index in [0.717, 1.165) is 11.3 Å². The Hall–Kier alpha value is -3.53. The highest BCUT2D eigenvalue weighted by molar-refractivity contribution is 5.54. The van der Waals surface area contributed by atoms with E-state index in [1.807, 2.05) is 30.3 Å². The monoisotopic (exact) mass is 337 g/mol. The van der Waals surface area contributed by atoms with Crippen LogP contribution in [0.5, 0.6) is 17.2 Å². The summed E-state index contributed by atoms with van der Waals surface area (Å²) in [6.45, 7) is 0.113. The molecule has 0 bridgehead atoms. The number of hydrogen-bond donors (Lipinski definition) is 0. The molecule has 0 aliphatic carbocycles. The normalized spacial score (nSPS) is 10.1. The summed E-state index contributed by atoms with van der Waals surface area (Å²) in [5, 5.41) is 12.8. The maximum Gasteiger partial charge on any atom is 0.258 e. The average Bonchev–Trinajstić information content (AvgIpc) is 3.15. The number of nitriles is 1. The van der Waals surface area contributed by atoms with Crippen LogP contribution < -0.4 is 14.2 Å². The summed E-state index contributed by atoms with van der Waals surface area (Å²) in [5.41, 5.74) is 1.28. The van der Waals surface area contributed by atoms with Crippen LogP contribution in [0.3, 0.4) is 0 Å². The van der Waals surface area contributed by atoms with Crippen molar-refractivity contribution >= 4 is 0 Å². The molecule has 0 aliphatic rings. The fraction of sp³-hybridized carbons (Fsp3) is 0.167. The van der Waals surface area contributed by atoms with E-state index in [9.17, 15) is 0 Å². The zero-order valence-electron chi connectivity index (χ0n) is 13.7. The van der Waals surface area contributed by atoms with Gasteiger partial charge in [-0.3, -0.25) is 0 Å². The van der Waals surface area contributed by atoms with E-state index in [1.165, 1.54) is 7.11 Å². The van der Waals surface area contributed by atoms with Gasteiger partial charge in [0.15, 0.2) is 18.1 Å². The first-order chi connectivity index (χ1) is 12.2. The second-order valence-corrected chi connectivity index (χ2v) is 5.01. The van der Waals surface area contributed by atoms with Crippen molar-refractivity contribution in [2.24, 2.45) is 0 Å². The molecule has 2 aromatic carbocycles. The molecule has 1 aromatic heterocycles. The summed E-state index contributed by atoms with van der Waals surface area (Å²) >= 11 is 0. The third-order valence-electron chi connectivity index (χ3n) is 3.45. The number of benzene rings is 2. The predicted octanol–water partition coefficient (Wildman–Crippen LogP) is 3.20. The van der Waals surface area contributed by atoms with Crippen LogP contribution in [0.4, 0.5) is 0 Å². The summed E-state index contributed by atoms with van der Waals surface area (Å²) in [7, 11) is 3.12. The SMILES string of the molecule is COc1ccc(-c2nc(COc3ccc(C#N)cc3OC)no2)cc1. The smallest absolute Gasteiger partial charge is 0.258 e. The first kappa shape index (κ1) is 16.3. The largest absolute Gasteiger partial charge is 0.497 e. The van der Waals surface area contributed by atoms with Crippen molar-refractivity contribution in [3.63, 3.8) is 0 Å². The van der Waals surface area contributed by atoms with Crippen LogP contribution in [-0.2, 0) is 6.61 Å². The number of rotatable bonds is 6. The molecule has 0 atom stereocenters. The van der Waals surface area contributed by atoms with Gasteiger partial charge in [0.2, 0.25) is 5.82 Å². The molecule has 0 saturated carbocycles. The Labute approximate surface area is 144 Å². The van der Waals surface area contributed by atoms with Gasteiger partial charge >= 0.3 is 0 Å². The topological polar surface area (TPSA) is 90.4 Å². The van der Waals surface area contributed by atoms with Crippen molar-refractivity contribution in [1.29, 1.82) is 5.26 Å². The molecular formula is C18H15N3O4. The third-order valence-corrected chi connectivity index (χ3v) is 3.45. The van der Waals surface area contributed by atoms with Crippen molar-refractivity contribution < 1.29 is 18.7 Å². The molecule has 0 saturated heterocycles. The lowest BCUT2D eigenvalue weighted by Gasteiger charge is -2.08. The van der Waals surface area contributed by atoms with Gasteiger partial charge in [0.05, 0.1) is 25.9 Å². The zero-order chi connectivity index (χ0) is 17.6. The van der Waals surface area contributed by atoms with E-state index >= 15 is 0 Å². The molecule has 0 spiro atoms. The Morgan fingerprint density at radius 3 is 2.52 bits per heavy atom. The number of ether oxygens (including phenoxy) is 3. The highest BCUT2D eigenvalue weighted by Gasteiger charge is 2.11. The Morgan fingerprint density at radius 1 is 1.04 bits per heavy atom. The van der Waals surface area contributed by atoms with Gasteiger partial charge in [-0.15, -0.1) is 0 Å². The van der Waals surface area contributed by atoms with Gasteiger partial charge in [-0.05, 0) is 36.4 Å². The number of hydrogen-bond acceptors (Lipinski definition) is 7. The number of nitrogens with zero attached hydrogens (tertiary/aromatic N) is 3. The fourth-order valence-electron chi connectivity index (χ4n) is 2.16. The molecule has 3 aromatic rings. The van der Waals surface area contributed by atoms with Crippen molar-refractivity contribution in [1.82, 2.24) is 10.1 Å². The predicted molar refractivity (Wildman–Crippen MR) is 88.3 cm³/mol. The summed E-state index contributed by atoms with van der Waals surface area (Å²) in [4.78, 5) is 4.30. The Bertz CT molecular complexity index is 897. The maximum atomic E-state index is 8.91. The van der Waals surface area contributed by atoms with E-state index in [-0.39, 0.29) is 6.61 Å². The lowest BCUT2D eigenvalue weighted by molar-refractivity contribution is 0.270. The van der Waals surface area contributed by atoms with Crippen LogP contribution in [0, 0.1) is 11.3 Å². The van der Waals surface area contributed by atoms with E-state index < -0.39 is 0 Å². The zero-order valence-corrected chi connectivity index (χ0v) is 13.7. The molecule has 1 heterocycles. The van der Waals surface area contributed by atoms with Crippen LogP contribution >= 0.6 is 0 Å². The van der Waals surface area contributed by atoms with Gasteiger partial charge < -0.3 is 18.7 Å². The fourth-order valence-corrected chi connectivity index (χ4v) is 2.16. The van der Waals surface area contributed by atoms with Gasteiger partial charge in [-0.2, -0.15) is 10.2 Å². The minimum Gasteiger partial charge on any atom is -0.497 e. The molecule has 0 amide bonds. The standard InChI is InChI=1S/C18H15N3O4/c1-22-14-6-4-13(5-7-14)18-20-17(21-25-18)11-24-15-8-3-12(10-19)9-16(15)23-2/h3-9H,11H2,1-2H3. The Balaban J connectivity index is 1.70. The summed E-state index contributed by atoms with van der Waals surface area (Å²) in [6.07, 6.45) is 0. The minimum absolute atomic E-state index is 0.113. The highest BCUT2D eigenvalue weighted by atomic mass is 16.5. The summed E-state index contributed by atoms with van der Waals surface area (Å²) in [5.74, 6) is 2.51. The van der Waals surface area contributed by atoms with Crippen LogP contribution in [-0.4, -0.2) is 24.4 Å². The van der Waals surface area contributed by atoms with Crippen LogP contribution in [0.25, 0.3) is 11.5 Å². The van der Waals surface area contributed by atoms with E-state index in [0.29, 0.717) is 28.8 Å². The van der Waals surface area contributed by atoms with Crippen LogP contribution in [0.1, 0.15) is 11.4 Å². The molecule has 7 heteroatoms. The first-order valence-corrected chi connectivity index (χ1v) is 7.41. The van der Waals surface area contributed by atoms with Crippen molar-refractivity contribution in [2.45, 2.75) is 6.61 Å². The molecular weight excluding hydrogens is 322 g/mol. The molecule has 25 heavy (non-hydrogen) atoms. The molecule has 0 aliphatic heterocycles. The van der Waals surface area contributed by atoms with Gasteiger partial charge in [-0.25, -0.2) is 0 Å². The van der Waals surface area contributed by atoms with E-state index in [1.54, 1.807) is 25.3 Å². The van der Waals surface area contributed by atoms with Gasteiger partial charge in [0, 0.05) is 11.6 Å². The Kier molecular flexibility index (Phi) is 4.81. The maximum absolute atomic E-state index is 8.91. The molecule has 0 N–H and O–H groups in total. The van der Waals surface area contributed by atoms with E-state index in [2.05, 4.69) is 10.1 Å². The van der Waals surface area contributed by atoms with Crippen LogP contribution in [0.15, 0.2) is 47.0 Å². The van der Waals surface area contributed by atoms with Crippen molar-refractivity contribution in [3.05, 3.63) is 53.9 Å². The quantitative estimate of drug-likeness (QED) is 0.682. The lowest BCUT2D eigenvalue weighted by Crippen LogP contribution is -1.99. The molecule has 3 rings (SSSR count). The Morgan fingerprint density at radius 2 is 1.84 bits per heavy atom. The molecule has 126 valence electrons. The van der Waals surface area contributed by atoms with Crippen LogP contribution in [0.2, 0.25) is 0 Å². The number of methoxy groups -OCH3 is 2. The molecule has 7 nitrogen and oxygen atoms in total. The van der Waals surface area contributed by atoms with Gasteiger partial charge in [0.25, 0.3) is 5.89 Å². The summed E-state index contributed by atoms with van der Waals surface area (Å²) < 4.78 is 21.2. The second-order valence-electron chi connectivity index (χ2n) is 5.01. The van der Waals surface area contributed by atoms with E-state index in [4.69, 9.17) is 24.0 Å². The van der Waals surface area contributed by atoms with Gasteiger partial charge in [-0.1, -0.05) is 5.16 Å². The molecule has 0 fully saturated rings. The third kappa shape index (κ3) is 3.70.